The maximum absolute atomic E-state index is 11.0. The monoisotopic (exact) mass is 242 g/mol. The minimum atomic E-state index is -0.740. The van der Waals surface area contributed by atoms with Crippen LogP contribution in [0.15, 0.2) is 0 Å². The molecule has 4 nitrogen and oxygen atoms in total. The van der Waals surface area contributed by atoms with Crippen molar-refractivity contribution in [2.24, 2.45) is 5.41 Å². The first-order chi connectivity index (χ1) is 7.80. The van der Waals surface area contributed by atoms with Crippen molar-refractivity contribution < 1.29 is 9.90 Å². The molecule has 0 radical (unpaired) electrons. The normalized spacial score (nSPS) is 19.8. The number of hydrogen-bond donors (Lipinski definition) is 2. The Bertz CT molecular complexity index is 269. The molecule has 0 bridgehead atoms. The standard InChI is InChI=1S/C13H26N2O2/c1-12(2,11(16)17)9-14-10-13(15(3)4)7-5-6-8-13/h14H,5-10H2,1-4H3,(H,16,17). The van der Waals surface area contributed by atoms with Crippen LogP contribution in [-0.2, 0) is 4.79 Å². The maximum Gasteiger partial charge on any atom is 0.310 e. The van der Waals surface area contributed by atoms with Gasteiger partial charge in [-0.2, -0.15) is 0 Å². The lowest BCUT2D eigenvalue weighted by Crippen LogP contribution is -2.51. The first kappa shape index (κ1) is 14.5. The Balaban J connectivity index is 2.46. The first-order valence-corrected chi connectivity index (χ1v) is 6.42. The van der Waals surface area contributed by atoms with E-state index in [9.17, 15) is 4.79 Å². The predicted molar refractivity (Wildman–Crippen MR) is 69.2 cm³/mol. The molecule has 2 N–H and O–H groups in total. The number of nitrogens with zero attached hydrogens (tertiary/aromatic N) is 1. The summed E-state index contributed by atoms with van der Waals surface area (Å²) in [5.41, 5.74) is -0.458. The van der Waals surface area contributed by atoms with E-state index in [1.165, 1.54) is 25.7 Å². The molecule has 0 aromatic rings. The Labute approximate surface area is 104 Å². The van der Waals surface area contributed by atoms with E-state index in [-0.39, 0.29) is 5.54 Å². The first-order valence-electron chi connectivity index (χ1n) is 6.42. The molecule has 0 heterocycles. The third-order valence-corrected chi connectivity index (χ3v) is 4.08. The van der Waals surface area contributed by atoms with Crippen molar-refractivity contribution >= 4 is 5.97 Å². The average Bonchev–Trinajstić information content (AvgIpc) is 2.67. The van der Waals surface area contributed by atoms with E-state index in [0.717, 1.165) is 6.54 Å². The van der Waals surface area contributed by atoms with Crippen molar-refractivity contribution in [1.82, 2.24) is 10.2 Å². The molecule has 0 spiro atoms. The van der Waals surface area contributed by atoms with Gasteiger partial charge in [0.1, 0.15) is 0 Å². The molecule has 0 unspecified atom stereocenters. The van der Waals surface area contributed by atoms with Gasteiger partial charge in [-0.15, -0.1) is 0 Å². The van der Waals surface area contributed by atoms with E-state index < -0.39 is 11.4 Å². The molecular weight excluding hydrogens is 216 g/mol. The maximum atomic E-state index is 11.0. The molecule has 0 amide bonds. The topological polar surface area (TPSA) is 52.6 Å². The van der Waals surface area contributed by atoms with Gasteiger partial charge in [-0.3, -0.25) is 4.79 Å². The molecule has 0 aromatic heterocycles. The van der Waals surface area contributed by atoms with Gasteiger partial charge >= 0.3 is 5.97 Å². The lowest BCUT2D eigenvalue weighted by Gasteiger charge is -2.37. The van der Waals surface area contributed by atoms with E-state index in [2.05, 4.69) is 24.3 Å². The fourth-order valence-corrected chi connectivity index (χ4v) is 2.50. The second kappa shape index (κ2) is 5.36. The number of nitrogens with one attached hydrogen (secondary N) is 1. The van der Waals surface area contributed by atoms with Gasteiger partial charge in [-0.1, -0.05) is 12.8 Å². The van der Waals surface area contributed by atoms with Crippen molar-refractivity contribution in [3.05, 3.63) is 0 Å². The van der Waals surface area contributed by atoms with E-state index in [1.807, 2.05) is 0 Å². The molecule has 4 heteroatoms. The lowest BCUT2D eigenvalue weighted by molar-refractivity contribution is -0.146. The Morgan fingerprint density at radius 1 is 1.35 bits per heavy atom. The summed E-state index contributed by atoms with van der Waals surface area (Å²) in [5, 5.41) is 12.4. The van der Waals surface area contributed by atoms with Crippen molar-refractivity contribution in [2.45, 2.75) is 45.1 Å². The number of likely N-dealkylation sites (N-methyl/N-ethyl adjacent to an activating group) is 1. The van der Waals surface area contributed by atoms with Gasteiger partial charge in [-0.25, -0.2) is 0 Å². The second-order valence-corrected chi connectivity index (χ2v) is 6.12. The quantitative estimate of drug-likeness (QED) is 0.742. The number of carbonyl (C=O) groups is 1. The smallest absolute Gasteiger partial charge is 0.310 e. The molecule has 0 saturated heterocycles. The Morgan fingerprint density at radius 2 is 1.88 bits per heavy atom. The van der Waals surface area contributed by atoms with Gasteiger partial charge in [0.2, 0.25) is 0 Å². The van der Waals surface area contributed by atoms with E-state index in [4.69, 9.17) is 5.11 Å². The van der Waals surface area contributed by atoms with Gasteiger partial charge in [0, 0.05) is 18.6 Å². The molecule has 1 aliphatic carbocycles. The number of aliphatic carboxylic acids is 1. The Kier molecular flexibility index (Phi) is 4.55. The minimum Gasteiger partial charge on any atom is -0.481 e. The highest BCUT2D eigenvalue weighted by Crippen LogP contribution is 2.33. The second-order valence-electron chi connectivity index (χ2n) is 6.12. The van der Waals surface area contributed by atoms with Crippen LogP contribution >= 0.6 is 0 Å². The SMILES string of the molecule is CN(C)C1(CNCC(C)(C)C(=O)O)CCCC1. The van der Waals surface area contributed by atoms with Crippen LogP contribution in [0.25, 0.3) is 0 Å². The summed E-state index contributed by atoms with van der Waals surface area (Å²) in [4.78, 5) is 13.3. The van der Waals surface area contributed by atoms with E-state index in [0.29, 0.717) is 6.54 Å². The number of carboxylic acid groups (broad SMARTS) is 1. The molecule has 1 saturated carbocycles. The number of hydrogen-bond acceptors (Lipinski definition) is 3. The molecular formula is C13H26N2O2. The van der Waals surface area contributed by atoms with Crippen LogP contribution in [0.4, 0.5) is 0 Å². The van der Waals surface area contributed by atoms with Gasteiger partial charge in [0.05, 0.1) is 5.41 Å². The van der Waals surface area contributed by atoms with Crippen molar-refractivity contribution in [1.29, 1.82) is 0 Å². The molecule has 100 valence electrons. The summed E-state index contributed by atoms with van der Waals surface area (Å²) >= 11 is 0. The minimum absolute atomic E-state index is 0.231. The van der Waals surface area contributed by atoms with Crippen molar-refractivity contribution in [3.8, 4) is 0 Å². The molecule has 17 heavy (non-hydrogen) atoms. The van der Waals surface area contributed by atoms with Crippen molar-refractivity contribution in [3.63, 3.8) is 0 Å². The van der Waals surface area contributed by atoms with E-state index >= 15 is 0 Å². The van der Waals surface area contributed by atoms with Crippen LogP contribution in [0.2, 0.25) is 0 Å². The Hall–Kier alpha value is -0.610. The van der Waals surface area contributed by atoms with E-state index in [1.54, 1.807) is 13.8 Å². The predicted octanol–water partition coefficient (Wildman–Crippen LogP) is 1.56. The van der Waals surface area contributed by atoms with Crippen LogP contribution < -0.4 is 5.32 Å². The largest absolute Gasteiger partial charge is 0.481 e. The summed E-state index contributed by atoms with van der Waals surface area (Å²) in [6, 6.07) is 0. The van der Waals surface area contributed by atoms with Gasteiger partial charge < -0.3 is 15.3 Å². The third-order valence-electron chi connectivity index (χ3n) is 4.08. The highest BCUT2D eigenvalue weighted by atomic mass is 16.4. The zero-order valence-electron chi connectivity index (χ0n) is 11.5. The Morgan fingerprint density at radius 3 is 2.29 bits per heavy atom. The summed E-state index contributed by atoms with van der Waals surface area (Å²) < 4.78 is 0. The molecule has 0 aromatic carbocycles. The zero-order valence-corrected chi connectivity index (χ0v) is 11.5. The summed E-state index contributed by atoms with van der Waals surface area (Å²) in [6.07, 6.45) is 4.98. The van der Waals surface area contributed by atoms with Crippen LogP contribution in [0, 0.1) is 5.41 Å². The van der Waals surface area contributed by atoms with Crippen LogP contribution in [-0.4, -0.2) is 48.7 Å². The number of rotatable bonds is 6. The summed E-state index contributed by atoms with van der Waals surface area (Å²) in [7, 11) is 4.24. The lowest BCUT2D eigenvalue weighted by atomic mass is 9.92. The average molecular weight is 242 g/mol. The van der Waals surface area contributed by atoms with Crippen molar-refractivity contribution in [2.75, 3.05) is 27.2 Å². The summed E-state index contributed by atoms with van der Waals surface area (Å²) in [6.45, 7) is 4.94. The fraction of sp³-hybridized carbons (Fsp3) is 0.923. The van der Waals surface area contributed by atoms with Crippen LogP contribution in [0.3, 0.4) is 0 Å². The highest BCUT2D eigenvalue weighted by Gasteiger charge is 2.36. The molecule has 0 atom stereocenters. The molecule has 1 fully saturated rings. The summed E-state index contributed by atoms with van der Waals surface area (Å²) in [5.74, 6) is -0.740. The highest BCUT2D eigenvalue weighted by molar-refractivity contribution is 5.73. The van der Waals surface area contributed by atoms with Crippen LogP contribution in [0.5, 0.6) is 0 Å². The van der Waals surface area contributed by atoms with Crippen LogP contribution in [0.1, 0.15) is 39.5 Å². The molecule has 1 aliphatic rings. The zero-order chi connectivity index (χ0) is 13.1. The van der Waals surface area contributed by atoms with Gasteiger partial charge in [0.15, 0.2) is 0 Å². The number of carboxylic acids is 1. The molecule has 0 aliphatic heterocycles. The van der Waals surface area contributed by atoms with Gasteiger partial charge in [0.25, 0.3) is 0 Å². The molecule has 1 rings (SSSR count). The fourth-order valence-electron chi connectivity index (χ4n) is 2.50. The van der Waals surface area contributed by atoms with Gasteiger partial charge in [-0.05, 0) is 40.8 Å². The third kappa shape index (κ3) is 3.42.